The highest BCUT2D eigenvalue weighted by atomic mass is 35.5. The first-order valence-corrected chi connectivity index (χ1v) is 12.9. The Labute approximate surface area is 236 Å². The number of nitrogens with zero attached hydrogens (tertiary/aromatic N) is 6. The van der Waals surface area contributed by atoms with Gasteiger partial charge in [0, 0.05) is 49.7 Å². The second-order valence-electron chi connectivity index (χ2n) is 9.36. The number of piperazine rings is 1. The van der Waals surface area contributed by atoms with E-state index in [4.69, 9.17) is 11.6 Å². The van der Waals surface area contributed by atoms with Gasteiger partial charge in [0.05, 0.1) is 5.02 Å². The van der Waals surface area contributed by atoms with Gasteiger partial charge < -0.3 is 20.4 Å². The van der Waals surface area contributed by atoms with Crippen molar-refractivity contribution in [1.82, 2.24) is 19.9 Å². The zero-order chi connectivity index (χ0) is 30.0. The van der Waals surface area contributed by atoms with Crippen LogP contribution >= 0.6 is 11.6 Å². The number of pyridine rings is 1. The Bertz CT molecular complexity index is 1320. The zero-order valence-corrected chi connectivity index (χ0v) is 22.6. The topological polar surface area (TPSA) is 82.1 Å². The molecule has 3 heterocycles. The molecule has 222 valence electrons. The van der Waals surface area contributed by atoms with E-state index in [1.54, 1.807) is 18.3 Å². The highest BCUT2D eigenvalue weighted by molar-refractivity contribution is 6.32. The molecule has 0 unspecified atom stereocenters. The van der Waals surface area contributed by atoms with Crippen LogP contribution in [0.5, 0.6) is 0 Å². The van der Waals surface area contributed by atoms with E-state index in [1.807, 2.05) is 23.6 Å². The van der Waals surface area contributed by atoms with Crippen LogP contribution in [0.15, 0.2) is 42.6 Å². The van der Waals surface area contributed by atoms with E-state index in [9.17, 15) is 30.7 Å². The van der Waals surface area contributed by atoms with E-state index in [-0.39, 0.29) is 23.6 Å². The predicted octanol–water partition coefficient (Wildman–Crippen LogP) is 6.49. The molecular weight excluding hydrogens is 581 g/mol. The molecule has 4 rings (SSSR count). The Balaban J connectivity index is 1.58. The molecule has 1 aliphatic heterocycles. The third kappa shape index (κ3) is 6.34. The van der Waals surface area contributed by atoms with E-state index in [1.165, 1.54) is 0 Å². The highest BCUT2D eigenvalue weighted by Crippen LogP contribution is 2.53. The maximum Gasteiger partial charge on any atom is 0.435 e. The van der Waals surface area contributed by atoms with Gasteiger partial charge in [-0.05, 0) is 37.6 Å². The molecular formula is C25H26ClF7N8. The molecule has 41 heavy (non-hydrogen) atoms. The largest absolute Gasteiger partial charge is 0.435 e. The van der Waals surface area contributed by atoms with Crippen LogP contribution in [0.1, 0.15) is 25.8 Å². The highest BCUT2D eigenvalue weighted by Gasteiger charge is 2.73. The summed E-state index contributed by atoms with van der Waals surface area (Å²) in [5.74, 6) is 1.16. The van der Waals surface area contributed by atoms with Crippen LogP contribution in [0, 0.1) is 0 Å². The minimum absolute atomic E-state index is 0.0121. The van der Waals surface area contributed by atoms with Crippen molar-refractivity contribution < 1.29 is 30.7 Å². The summed E-state index contributed by atoms with van der Waals surface area (Å²) >= 11 is 6.31. The SMILES string of the molecule is CCCNc1nc(Nc2ccc(C(F)(C(F)(F)F)C(F)(F)F)cc2)nc(N2CCN(c3ncccc3Cl)C[C@H]2C)n1. The van der Waals surface area contributed by atoms with Gasteiger partial charge in [-0.2, -0.15) is 41.3 Å². The van der Waals surface area contributed by atoms with Crippen molar-refractivity contribution in [3.8, 4) is 0 Å². The van der Waals surface area contributed by atoms with Crippen molar-refractivity contribution >= 4 is 41.0 Å². The van der Waals surface area contributed by atoms with E-state index >= 15 is 0 Å². The van der Waals surface area contributed by atoms with Gasteiger partial charge in [-0.3, -0.25) is 0 Å². The number of hydrogen-bond donors (Lipinski definition) is 2. The first-order valence-electron chi connectivity index (χ1n) is 12.6. The van der Waals surface area contributed by atoms with Crippen molar-refractivity contribution in [3.05, 3.63) is 53.2 Å². The van der Waals surface area contributed by atoms with E-state index in [2.05, 4.69) is 30.6 Å². The molecule has 1 atom stereocenters. The normalized spacial score (nSPS) is 16.6. The summed E-state index contributed by atoms with van der Waals surface area (Å²) in [5.41, 5.74) is -7.07. The van der Waals surface area contributed by atoms with Gasteiger partial charge in [0.15, 0.2) is 0 Å². The smallest absolute Gasteiger partial charge is 0.354 e. The lowest BCUT2D eigenvalue weighted by Gasteiger charge is -2.40. The van der Waals surface area contributed by atoms with Crippen LogP contribution in [-0.4, -0.2) is 64.5 Å². The summed E-state index contributed by atoms with van der Waals surface area (Å²) < 4.78 is 93.1. The molecule has 16 heteroatoms. The minimum atomic E-state index is -6.20. The lowest BCUT2D eigenvalue weighted by Crippen LogP contribution is -2.53. The lowest BCUT2D eigenvalue weighted by molar-refractivity contribution is -0.348. The Kier molecular flexibility index (Phi) is 8.66. The van der Waals surface area contributed by atoms with Crippen molar-refractivity contribution in [2.45, 2.75) is 44.3 Å². The van der Waals surface area contributed by atoms with Gasteiger partial charge >= 0.3 is 18.0 Å². The van der Waals surface area contributed by atoms with Gasteiger partial charge in [-0.25, -0.2) is 9.37 Å². The molecule has 1 saturated heterocycles. The molecule has 1 aromatic carbocycles. The minimum Gasteiger partial charge on any atom is -0.354 e. The molecule has 1 fully saturated rings. The Morgan fingerprint density at radius 1 is 0.927 bits per heavy atom. The number of aromatic nitrogens is 4. The predicted molar refractivity (Wildman–Crippen MR) is 141 cm³/mol. The number of benzene rings is 1. The van der Waals surface area contributed by atoms with Crippen molar-refractivity contribution in [1.29, 1.82) is 0 Å². The standard InChI is InChI=1S/C25H26ClF7N8/c1-3-10-35-20-37-21(36-17-8-6-16(7-9-17)23(27,24(28,29)30)25(31,32)33)39-22(38-20)41-13-12-40(14-15(41)2)19-18(26)5-4-11-34-19/h4-9,11,15H,3,10,12-14H2,1-2H3,(H2,35,36,37,38,39)/t15-/m1/s1. The molecule has 0 spiro atoms. The third-order valence-corrected chi connectivity index (χ3v) is 6.69. The van der Waals surface area contributed by atoms with Crippen LogP contribution in [0.25, 0.3) is 0 Å². The average Bonchev–Trinajstić information content (AvgIpc) is 2.90. The Morgan fingerprint density at radius 2 is 1.59 bits per heavy atom. The molecule has 0 radical (unpaired) electrons. The summed E-state index contributed by atoms with van der Waals surface area (Å²) in [7, 11) is 0. The van der Waals surface area contributed by atoms with Crippen LogP contribution in [-0.2, 0) is 5.67 Å². The van der Waals surface area contributed by atoms with Gasteiger partial charge in [0.1, 0.15) is 5.82 Å². The number of anilines is 5. The third-order valence-electron chi connectivity index (χ3n) is 6.40. The van der Waals surface area contributed by atoms with Crippen LogP contribution in [0.2, 0.25) is 5.02 Å². The van der Waals surface area contributed by atoms with E-state index < -0.39 is 23.6 Å². The molecule has 8 nitrogen and oxygen atoms in total. The lowest BCUT2D eigenvalue weighted by atomic mass is 9.94. The quantitative estimate of drug-likeness (QED) is 0.282. The fourth-order valence-electron chi connectivity index (χ4n) is 4.32. The summed E-state index contributed by atoms with van der Waals surface area (Å²) in [6, 6.07) is 6.02. The van der Waals surface area contributed by atoms with Crippen molar-refractivity contribution in [2.75, 3.05) is 46.6 Å². The van der Waals surface area contributed by atoms with Crippen LogP contribution in [0.4, 0.5) is 60.1 Å². The molecule has 2 aromatic heterocycles. The van der Waals surface area contributed by atoms with Crippen LogP contribution in [0.3, 0.4) is 0 Å². The monoisotopic (exact) mass is 606 g/mol. The van der Waals surface area contributed by atoms with Crippen LogP contribution < -0.4 is 20.4 Å². The fourth-order valence-corrected chi connectivity index (χ4v) is 4.56. The Morgan fingerprint density at radius 3 is 2.17 bits per heavy atom. The molecule has 2 N–H and O–H groups in total. The number of halogens is 8. The van der Waals surface area contributed by atoms with Gasteiger partial charge in [-0.1, -0.05) is 30.7 Å². The summed E-state index contributed by atoms with van der Waals surface area (Å²) in [6.07, 6.45) is -9.99. The zero-order valence-electron chi connectivity index (χ0n) is 21.9. The number of alkyl halides is 7. The fraction of sp³-hybridized carbons (Fsp3) is 0.440. The molecule has 0 bridgehead atoms. The molecule has 0 saturated carbocycles. The molecule has 0 amide bonds. The Hall–Kier alpha value is -3.62. The summed E-state index contributed by atoms with van der Waals surface area (Å²) in [4.78, 5) is 21.5. The first kappa shape index (κ1) is 30.3. The van der Waals surface area contributed by atoms with Gasteiger partial charge in [0.2, 0.25) is 17.8 Å². The van der Waals surface area contributed by atoms with Gasteiger partial charge in [0.25, 0.3) is 0 Å². The number of rotatable bonds is 8. The van der Waals surface area contributed by atoms with E-state index in [0.717, 1.165) is 18.6 Å². The second kappa shape index (κ2) is 11.7. The maximum absolute atomic E-state index is 14.4. The van der Waals surface area contributed by atoms with E-state index in [0.29, 0.717) is 55.1 Å². The first-order chi connectivity index (χ1) is 19.2. The molecule has 3 aromatic rings. The molecule has 0 aliphatic carbocycles. The summed E-state index contributed by atoms with van der Waals surface area (Å²) in [6.45, 7) is 6.03. The van der Waals surface area contributed by atoms with Crippen molar-refractivity contribution in [3.63, 3.8) is 0 Å². The van der Waals surface area contributed by atoms with Crippen molar-refractivity contribution in [2.24, 2.45) is 0 Å². The maximum atomic E-state index is 14.4. The average molecular weight is 607 g/mol. The molecule has 1 aliphatic rings. The number of hydrogen-bond acceptors (Lipinski definition) is 8. The second-order valence-corrected chi connectivity index (χ2v) is 9.77. The van der Waals surface area contributed by atoms with Gasteiger partial charge in [-0.15, -0.1) is 0 Å². The summed E-state index contributed by atoms with van der Waals surface area (Å²) in [5, 5.41) is 6.34. The number of nitrogens with one attached hydrogen (secondary N) is 2.